The zero-order valence-corrected chi connectivity index (χ0v) is 14.6. The lowest BCUT2D eigenvalue weighted by atomic mass is 9.82. The molecule has 1 saturated carbocycles. The zero-order valence-electron chi connectivity index (χ0n) is 14.6. The number of benzene rings is 1. The van der Waals surface area contributed by atoms with Crippen molar-refractivity contribution in [3.63, 3.8) is 0 Å². The van der Waals surface area contributed by atoms with Gasteiger partial charge in [0.25, 0.3) is 0 Å². The number of halogens is 1. The summed E-state index contributed by atoms with van der Waals surface area (Å²) in [6, 6.07) is 6.49. The highest BCUT2D eigenvalue weighted by atomic mass is 19.1. The van der Waals surface area contributed by atoms with E-state index in [1.54, 1.807) is 12.1 Å². The molecule has 1 N–H and O–H groups in total. The fraction of sp³-hybridized carbons (Fsp3) is 0.500. The monoisotopic (exact) mass is 358 g/mol. The molecule has 26 heavy (non-hydrogen) atoms. The molecule has 2 bridgehead atoms. The number of aliphatic carboxylic acids is 1. The molecule has 138 valence electrons. The molecule has 1 aliphatic heterocycles. The summed E-state index contributed by atoms with van der Waals surface area (Å²) in [6.45, 7) is 3.46. The van der Waals surface area contributed by atoms with Crippen LogP contribution in [0.1, 0.15) is 12.0 Å². The van der Waals surface area contributed by atoms with Crippen molar-refractivity contribution in [2.75, 3.05) is 26.2 Å². The van der Waals surface area contributed by atoms with Crippen LogP contribution in [0.15, 0.2) is 36.4 Å². The van der Waals surface area contributed by atoms with Crippen LogP contribution >= 0.6 is 0 Å². The highest BCUT2D eigenvalue weighted by Crippen LogP contribution is 2.48. The highest BCUT2D eigenvalue weighted by Gasteiger charge is 2.52. The normalized spacial score (nSPS) is 30.7. The van der Waals surface area contributed by atoms with Crippen LogP contribution in [0.5, 0.6) is 0 Å². The Morgan fingerprint density at radius 1 is 1.00 bits per heavy atom. The van der Waals surface area contributed by atoms with Gasteiger partial charge in [0.2, 0.25) is 5.91 Å². The Kier molecular flexibility index (Phi) is 4.53. The molecule has 2 fully saturated rings. The van der Waals surface area contributed by atoms with Crippen LogP contribution in [0.3, 0.4) is 0 Å². The average molecular weight is 358 g/mol. The second-order valence-corrected chi connectivity index (χ2v) is 7.57. The first-order chi connectivity index (χ1) is 12.5. The van der Waals surface area contributed by atoms with Crippen molar-refractivity contribution >= 4 is 11.9 Å². The molecular formula is C20H23FN2O3. The lowest BCUT2D eigenvalue weighted by Gasteiger charge is -2.37. The van der Waals surface area contributed by atoms with E-state index in [0.717, 1.165) is 31.6 Å². The molecule has 0 radical (unpaired) electrons. The molecule has 0 unspecified atom stereocenters. The summed E-state index contributed by atoms with van der Waals surface area (Å²) in [5, 5.41) is 9.54. The Morgan fingerprint density at radius 3 is 2.23 bits per heavy atom. The summed E-state index contributed by atoms with van der Waals surface area (Å²) < 4.78 is 13.0. The summed E-state index contributed by atoms with van der Waals surface area (Å²) in [7, 11) is 0. The van der Waals surface area contributed by atoms with Crippen LogP contribution in [-0.4, -0.2) is 53.0 Å². The topological polar surface area (TPSA) is 60.9 Å². The first-order valence-electron chi connectivity index (χ1n) is 9.19. The van der Waals surface area contributed by atoms with Gasteiger partial charge in [0.05, 0.1) is 11.8 Å². The fourth-order valence-corrected chi connectivity index (χ4v) is 4.68. The zero-order chi connectivity index (χ0) is 18.3. The number of carbonyl (C=O) groups excluding carboxylic acids is 1. The van der Waals surface area contributed by atoms with Gasteiger partial charge in [0.15, 0.2) is 0 Å². The van der Waals surface area contributed by atoms with Crippen LogP contribution in [0.4, 0.5) is 4.39 Å². The molecule has 2 aliphatic carbocycles. The van der Waals surface area contributed by atoms with E-state index >= 15 is 0 Å². The third-order valence-electron chi connectivity index (χ3n) is 6.03. The van der Waals surface area contributed by atoms with Gasteiger partial charge in [-0.1, -0.05) is 24.3 Å². The summed E-state index contributed by atoms with van der Waals surface area (Å²) in [6.07, 6.45) is 4.78. The molecule has 1 saturated heterocycles. The van der Waals surface area contributed by atoms with Crippen LogP contribution in [-0.2, 0) is 16.1 Å². The van der Waals surface area contributed by atoms with Gasteiger partial charge in [0, 0.05) is 32.7 Å². The number of allylic oxidation sites excluding steroid dienone is 2. The molecular weight excluding hydrogens is 335 g/mol. The average Bonchev–Trinajstić information content (AvgIpc) is 3.25. The van der Waals surface area contributed by atoms with Gasteiger partial charge < -0.3 is 10.0 Å². The van der Waals surface area contributed by atoms with Crippen molar-refractivity contribution in [1.82, 2.24) is 9.80 Å². The van der Waals surface area contributed by atoms with Crippen molar-refractivity contribution in [2.24, 2.45) is 23.7 Å². The largest absolute Gasteiger partial charge is 0.481 e. The number of carboxylic acids is 1. The minimum atomic E-state index is -0.852. The Labute approximate surface area is 152 Å². The quantitative estimate of drug-likeness (QED) is 0.837. The van der Waals surface area contributed by atoms with E-state index in [9.17, 15) is 19.1 Å². The minimum absolute atomic E-state index is 0.00400. The summed E-state index contributed by atoms with van der Waals surface area (Å²) in [4.78, 5) is 28.7. The predicted molar refractivity (Wildman–Crippen MR) is 93.6 cm³/mol. The number of rotatable bonds is 4. The lowest BCUT2D eigenvalue weighted by Crippen LogP contribution is -2.52. The number of carbonyl (C=O) groups is 2. The first kappa shape index (κ1) is 17.2. The van der Waals surface area contributed by atoms with Crippen molar-refractivity contribution in [3.8, 4) is 0 Å². The first-order valence-corrected chi connectivity index (χ1v) is 9.19. The molecule has 3 aliphatic rings. The van der Waals surface area contributed by atoms with E-state index in [2.05, 4.69) is 4.90 Å². The van der Waals surface area contributed by atoms with Crippen LogP contribution in [0, 0.1) is 29.5 Å². The molecule has 6 heteroatoms. The molecule has 0 aromatic heterocycles. The van der Waals surface area contributed by atoms with Crippen molar-refractivity contribution in [2.45, 2.75) is 13.0 Å². The van der Waals surface area contributed by atoms with E-state index in [-0.39, 0.29) is 23.6 Å². The Morgan fingerprint density at radius 2 is 1.62 bits per heavy atom. The maximum atomic E-state index is 13.0. The number of nitrogens with zero attached hydrogens (tertiary/aromatic N) is 2. The molecule has 5 nitrogen and oxygen atoms in total. The van der Waals surface area contributed by atoms with Gasteiger partial charge >= 0.3 is 5.97 Å². The van der Waals surface area contributed by atoms with Crippen LogP contribution in [0.2, 0.25) is 0 Å². The number of hydrogen-bond acceptors (Lipinski definition) is 3. The van der Waals surface area contributed by atoms with Crippen LogP contribution < -0.4 is 0 Å². The SMILES string of the molecule is O=C(O)[C@@H]1[C@@H](C(=O)N2CCN(Cc3ccc(F)cc3)CC2)[C@H]2C=C[C@@H]1C2. The van der Waals surface area contributed by atoms with Crippen molar-refractivity contribution in [3.05, 3.63) is 47.8 Å². The van der Waals surface area contributed by atoms with E-state index in [1.807, 2.05) is 17.1 Å². The minimum Gasteiger partial charge on any atom is -0.481 e. The second-order valence-electron chi connectivity index (χ2n) is 7.57. The molecule has 1 amide bonds. The number of carboxylic acid groups (broad SMARTS) is 1. The molecule has 1 heterocycles. The lowest BCUT2D eigenvalue weighted by molar-refractivity contribution is -0.151. The third kappa shape index (κ3) is 3.14. The van der Waals surface area contributed by atoms with E-state index in [4.69, 9.17) is 0 Å². The molecule has 0 spiro atoms. The van der Waals surface area contributed by atoms with Crippen molar-refractivity contribution in [1.29, 1.82) is 0 Å². The maximum Gasteiger partial charge on any atom is 0.307 e. The van der Waals surface area contributed by atoms with Gasteiger partial charge in [0.1, 0.15) is 5.82 Å². The molecule has 4 atom stereocenters. The smallest absolute Gasteiger partial charge is 0.307 e. The van der Waals surface area contributed by atoms with Gasteiger partial charge in [-0.2, -0.15) is 0 Å². The Balaban J connectivity index is 1.36. The number of piperazine rings is 1. The predicted octanol–water partition coefficient (Wildman–Crippen LogP) is 1.99. The maximum absolute atomic E-state index is 13.0. The highest BCUT2D eigenvalue weighted by molar-refractivity contribution is 5.87. The van der Waals surface area contributed by atoms with Crippen LogP contribution in [0.25, 0.3) is 0 Å². The summed E-state index contributed by atoms with van der Waals surface area (Å²) in [5.74, 6) is -2.00. The Bertz CT molecular complexity index is 725. The summed E-state index contributed by atoms with van der Waals surface area (Å²) in [5.41, 5.74) is 1.05. The van der Waals surface area contributed by atoms with Gasteiger partial charge in [-0.25, -0.2) is 4.39 Å². The van der Waals surface area contributed by atoms with Gasteiger partial charge in [-0.3, -0.25) is 14.5 Å². The molecule has 1 aromatic carbocycles. The number of hydrogen-bond donors (Lipinski definition) is 1. The third-order valence-corrected chi connectivity index (χ3v) is 6.03. The molecule has 4 rings (SSSR count). The van der Waals surface area contributed by atoms with E-state index in [1.165, 1.54) is 12.1 Å². The standard InChI is InChI=1S/C20H23FN2O3/c21-16-5-1-13(2-6-16)12-22-7-9-23(10-8-22)19(24)17-14-3-4-15(11-14)18(17)20(25)26/h1-6,14-15,17-18H,7-12H2,(H,25,26)/t14-,15+,17-,18-/m0/s1. The summed E-state index contributed by atoms with van der Waals surface area (Å²) >= 11 is 0. The van der Waals surface area contributed by atoms with Gasteiger partial charge in [-0.15, -0.1) is 0 Å². The van der Waals surface area contributed by atoms with Crippen molar-refractivity contribution < 1.29 is 19.1 Å². The Hall–Kier alpha value is -2.21. The van der Waals surface area contributed by atoms with Gasteiger partial charge in [-0.05, 0) is 36.0 Å². The number of fused-ring (bicyclic) bond motifs is 2. The number of amides is 1. The second kappa shape index (κ2) is 6.83. The molecule has 1 aromatic rings. The fourth-order valence-electron chi connectivity index (χ4n) is 4.68. The van der Waals surface area contributed by atoms with E-state index < -0.39 is 17.8 Å². The van der Waals surface area contributed by atoms with E-state index in [0.29, 0.717) is 13.1 Å².